The van der Waals surface area contributed by atoms with Crippen LogP contribution in [0.3, 0.4) is 0 Å². The topological polar surface area (TPSA) is 69.3 Å². The molecule has 1 amide bonds. The van der Waals surface area contributed by atoms with Crippen molar-refractivity contribution in [2.24, 2.45) is 0 Å². The molecule has 19 heavy (non-hydrogen) atoms. The lowest BCUT2D eigenvalue weighted by molar-refractivity contribution is -0.127. The molecule has 1 aliphatic heterocycles. The van der Waals surface area contributed by atoms with Crippen molar-refractivity contribution in [2.45, 2.75) is 44.8 Å². The summed E-state index contributed by atoms with van der Waals surface area (Å²) >= 11 is 0. The second-order valence-corrected chi connectivity index (χ2v) is 5.44. The summed E-state index contributed by atoms with van der Waals surface area (Å²) in [6, 6.07) is 5.41. The summed E-state index contributed by atoms with van der Waals surface area (Å²) in [5, 5.41) is 11.8. The van der Waals surface area contributed by atoms with Crippen LogP contribution >= 0.6 is 0 Å². The molecule has 0 bridgehead atoms. The highest BCUT2D eigenvalue weighted by molar-refractivity contribution is 5.82. The van der Waals surface area contributed by atoms with E-state index in [1.807, 2.05) is 12.1 Å². The number of hydrogen-bond donors (Lipinski definition) is 1. The van der Waals surface area contributed by atoms with Gasteiger partial charge in [-0.25, -0.2) is 0 Å². The number of nitrogens with zero attached hydrogens (tertiary/aromatic N) is 2. The minimum atomic E-state index is -0.424. The van der Waals surface area contributed by atoms with Crippen molar-refractivity contribution in [3.63, 3.8) is 0 Å². The van der Waals surface area contributed by atoms with Crippen molar-refractivity contribution in [1.29, 1.82) is 5.26 Å². The number of nitrogens with one attached hydrogen (secondary N) is 1. The molecular formula is C14H19N3O2. The van der Waals surface area contributed by atoms with Gasteiger partial charge >= 0.3 is 0 Å². The van der Waals surface area contributed by atoms with Gasteiger partial charge in [0.05, 0.1) is 25.3 Å². The highest BCUT2D eigenvalue weighted by atomic mass is 16.3. The lowest BCUT2D eigenvalue weighted by atomic mass is 9.96. The zero-order valence-electron chi connectivity index (χ0n) is 11.3. The first kappa shape index (κ1) is 13.6. The zero-order valence-corrected chi connectivity index (χ0v) is 11.3. The summed E-state index contributed by atoms with van der Waals surface area (Å²) in [4.78, 5) is 14.2. The molecule has 0 spiro atoms. The van der Waals surface area contributed by atoms with Crippen LogP contribution in [0.15, 0.2) is 22.8 Å². The molecule has 5 nitrogen and oxygen atoms in total. The fourth-order valence-electron chi connectivity index (χ4n) is 2.50. The van der Waals surface area contributed by atoms with E-state index in [0.29, 0.717) is 13.1 Å². The van der Waals surface area contributed by atoms with E-state index in [9.17, 15) is 4.79 Å². The Balaban J connectivity index is 2.28. The summed E-state index contributed by atoms with van der Waals surface area (Å²) < 4.78 is 5.38. The molecular weight excluding hydrogens is 242 g/mol. The van der Waals surface area contributed by atoms with E-state index in [2.05, 4.69) is 30.1 Å². The van der Waals surface area contributed by atoms with Gasteiger partial charge < -0.3 is 9.73 Å². The van der Waals surface area contributed by atoms with Crippen LogP contribution in [-0.2, 0) is 11.3 Å². The molecule has 1 aromatic heterocycles. The van der Waals surface area contributed by atoms with Crippen molar-refractivity contribution in [1.82, 2.24) is 10.2 Å². The lowest BCUT2D eigenvalue weighted by Crippen LogP contribution is -2.51. The summed E-state index contributed by atoms with van der Waals surface area (Å²) in [5.41, 5.74) is -0.159. The number of amides is 1. The van der Waals surface area contributed by atoms with Gasteiger partial charge in [-0.1, -0.05) is 0 Å². The normalized spacial score (nSPS) is 23.4. The highest BCUT2D eigenvalue weighted by Crippen LogP contribution is 2.27. The van der Waals surface area contributed by atoms with Crippen LogP contribution in [0.25, 0.3) is 0 Å². The van der Waals surface area contributed by atoms with E-state index in [0.717, 1.165) is 12.2 Å². The fourth-order valence-corrected chi connectivity index (χ4v) is 2.50. The molecule has 1 aromatic rings. The second kappa shape index (κ2) is 5.45. The lowest BCUT2D eigenvalue weighted by Gasteiger charge is -2.39. The first-order valence-corrected chi connectivity index (χ1v) is 6.48. The predicted octanol–water partition coefficient (Wildman–Crippen LogP) is 1.66. The van der Waals surface area contributed by atoms with Crippen LogP contribution in [0, 0.1) is 11.3 Å². The van der Waals surface area contributed by atoms with Crippen LogP contribution in [0.2, 0.25) is 0 Å². The van der Waals surface area contributed by atoms with Gasteiger partial charge in [0.15, 0.2) is 0 Å². The third-order valence-corrected chi connectivity index (χ3v) is 3.68. The third-order valence-electron chi connectivity index (χ3n) is 3.68. The Morgan fingerprint density at radius 3 is 3.05 bits per heavy atom. The molecule has 1 fully saturated rings. The number of nitriles is 1. The van der Waals surface area contributed by atoms with Gasteiger partial charge in [-0.05, 0) is 32.4 Å². The first-order valence-electron chi connectivity index (χ1n) is 6.48. The molecule has 0 aliphatic carbocycles. The number of rotatable bonds is 3. The molecule has 1 N–H and O–H groups in total. The summed E-state index contributed by atoms with van der Waals surface area (Å²) in [7, 11) is 0. The maximum absolute atomic E-state index is 12.1. The minimum absolute atomic E-state index is 0.0707. The molecule has 1 saturated heterocycles. The Morgan fingerprint density at radius 1 is 1.63 bits per heavy atom. The molecule has 1 unspecified atom stereocenters. The van der Waals surface area contributed by atoms with Crippen LogP contribution in [0.5, 0.6) is 0 Å². The Kier molecular flexibility index (Phi) is 3.91. The van der Waals surface area contributed by atoms with Crippen LogP contribution in [0.4, 0.5) is 0 Å². The Morgan fingerprint density at radius 2 is 2.42 bits per heavy atom. The molecule has 5 heteroatoms. The largest absolute Gasteiger partial charge is 0.468 e. The Hall–Kier alpha value is -1.80. The summed E-state index contributed by atoms with van der Waals surface area (Å²) in [5.74, 6) is 0.740. The zero-order chi connectivity index (χ0) is 13.9. The van der Waals surface area contributed by atoms with E-state index in [1.165, 1.54) is 0 Å². The molecule has 2 heterocycles. The predicted molar refractivity (Wildman–Crippen MR) is 70.0 cm³/mol. The number of carbonyl (C=O) groups is 1. The van der Waals surface area contributed by atoms with Crippen molar-refractivity contribution in [3.8, 4) is 6.07 Å². The summed E-state index contributed by atoms with van der Waals surface area (Å²) in [6.45, 7) is 5.38. The minimum Gasteiger partial charge on any atom is -0.468 e. The average Bonchev–Trinajstić information content (AvgIpc) is 2.82. The van der Waals surface area contributed by atoms with Crippen LogP contribution in [0.1, 0.15) is 32.4 Å². The van der Waals surface area contributed by atoms with E-state index >= 15 is 0 Å². The molecule has 0 aromatic carbocycles. The van der Waals surface area contributed by atoms with Crippen molar-refractivity contribution in [2.75, 3.05) is 6.54 Å². The van der Waals surface area contributed by atoms with E-state index in [-0.39, 0.29) is 17.9 Å². The van der Waals surface area contributed by atoms with E-state index in [1.54, 1.807) is 6.26 Å². The van der Waals surface area contributed by atoms with Crippen molar-refractivity contribution < 1.29 is 9.21 Å². The fraction of sp³-hybridized carbons (Fsp3) is 0.571. The van der Waals surface area contributed by atoms with Gasteiger partial charge in [0.1, 0.15) is 11.8 Å². The van der Waals surface area contributed by atoms with Gasteiger partial charge in [0, 0.05) is 12.1 Å². The van der Waals surface area contributed by atoms with Gasteiger partial charge in [-0.3, -0.25) is 9.69 Å². The molecule has 102 valence electrons. The molecule has 0 saturated carbocycles. The van der Waals surface area contributed by atoms with Gasteiger partial charge in [0.2, 0.25) is 5.91 Å². The molecule has 2 rings (SSSR count). The van der Waals surface area contributed by atoms with Crippen LogP contribution in [-0.4, -0.2) is 28.9 Å². The van der Waals surface area contributed by atoms with E-state index in [4.69, 9.17) is 9.68 Å². The molecule has 1 aliphatic rings. The summed E-state index contributed by atoms with van der Waals surface area (Å²) in [6.07, 6.45) is 2.66. The Labute approximate surface area is 113 Å². The number of hydrogen-bond acceptors (Lipinski definition) is 4. The molecule has 1 atom stereocenters. The average molecular weight is 261 g/mol. The molecule has 0 radical (unpaired) electrons. The number of carbonyl (C=O) groups excluding carboxylic acids is 1. The van der Waals surface area contributed by atoms with Crippen molar-refractivity contribution in [3.05, 3.63) is 24.2 Å². The highest BCUT2D eigenvalue weighted by Gasteiger charge is 2.39. The third kappa shape index (κ3) is 2.96. The number of furan rings is 1. The Bertz CT molecular complexity index is 473. The van der Waals surface area contributed by atoms with Gasteiger partial charge in [-0.2, -0.15) is 5.26 Å². The SMILES string of the molecule is CC1(C)CCNC(=O)C(CC#N)N1Cc1ccco1. The van der Waals surface area contributed by atoms with Gasteiger partial charge in [0.25, 0.3) is 0 Å². The monoisotopic (exact) mass is 261 g/mol. The standard InChI is InChI=1S/C14H19N3O2/c1-14(2)6-8-16-13(18)12(5-7-15)17(14)10-11-4-3-9-19-11/h3-4,9,12H,5-6,8,10H2,1-2H3,(H,16,18). The second-order valence-electron chi connectivity index (χ2n) is 5.44. The smallest absolute Gasteiger partial charge is 0.238 e. The maximum Gasteiger partial charge on any atom is 0.238 e. The quantitative estimate of drug-likeness (QED) is 0.898. The maximum atomic E-state index is 12.1. The first-order chi connectivity index (χ1) is 9.04. The van der Waals surface area contributed by atoms with Gasteiger partial charge in [-0.15, -0.1) is 0 Å². The van der Waals surface area contributed by atoms with Crippen molar-refractivity contribution >= 4 is 5.91 Å². The van der Waals surface area contributed by atoms with Crippen LogP contribution < -0.4 is 5.32 Å². The van der Waals surface area contributed by atoms with E-state index < -0.39 is 6.04 Å².